The minimum absolute atomic E-state index is 0.101. The highest BCUT2D eigenvalue weighted by Gasteiger charge is 2.11. The third-order valence-corrected chi connectivity index (χ3v) is 3.71. The fourth-order valence-electron chi connectivity index (χ4n) is 2.46. The zero-order chi connectivity index (χ0) is 19.1. The molecule has 0 bridgehead atoms. The molecular formula is C21H17N3O3. The van der Waals surface area contributed by atoms with E-state index in [1.807, 2.05) is 48.5 Å². The minimum atomic E-state index is -0.665. The maximum Gasteiger partial charge on any atom is 0.348 e. The van der Waals surface area contributed by atoms with Gasteiger partial charge in [-0.2, -0.15) is 5.26 Å². The summed E-state index contributed by atoms with van der Waals surface area (Å²) in [5.74, 6) is -0.0652. The highest BCUT2D eigenvalue weighted by molar-refractivity contribution is 5.98. The molecule has 0 fully saturated rings. The van der Waals surface area contributed by atoms with E-state index in [0.29, 0.717) is 23.6 Å². The Kier molecular flexibility index (Phi) is 5.75. The number of para-hydroxylation sites is 1. The van der Waals surface area contributed by atoms with E-state index in [0.717, 1.165) is 11.1 Å². The molecule has 2 aromatic heterocycles. The monoisotopic (exact) mass is 359 g/mol. The maximum absolute atomic E-state index is 11.8. The van der Waals surface area contributed by atoms with Gasteiger partial charge in [-0.15, -0.1) is 0 Å². The van der Waals surface area contributed by atoms with Crippen LogP contribution in [-0.4, -0.2) is 22.5 Å². The topological polar surface area (TPSA) is 85.1 Å². The third-order valence-electron chi connectivity index (χ3n) is 3.71. The van der Waals surface area contributed by atoms with Gasteiger partial charge in [0.15, 0.2) is 0 Å². The standard InChI is InChI=1S/C21H17N3O3/c1-2-26-21(25)16(13-22)12-17-10-9-15-6-5-8-19(20(15)24-17)27-14-18-7-3-4-11-23-18/h3-12H,2,14H2,1H3/b16-12-. The summed E-state index contributed by atoms with van der Waals surface area (Å²) in [6.45, 7) is 2.20. The molecule has 0 saturated heterocycles. The lowest BCUT2D eigenvalue weighted by molar-refractivity contribution is -0.137. The second-order valence-electron chi connectivity index (χ2n) is 5.56. The van der Waals surface area contributed by atoms with Crippen molar-refractivity contribution in [2.75, 3.05) is 6.61 Å². The molecule has 3 aromatic rings. The van der Waals surface area contributed by atoms with E-state index in [9.17, 15) is 10.1 Å². The van der Waals surface area contributed by atoms with Gasteiger partial charge in [-0.05, 0) is 37.3 Å². The van der Waals surface area contributed by atoms with Crippen LogP contribution in [0.3, 0.4) is 0 Å². The van der Waals surface area contributed by atoms with Gasteiger partial charge in [-0.1, -0.05) is 24.3 Å². The van der Waals surface area contributed by atoms with Crippen LogP contribution in [-0.2, 0) is 16.1 Å². The molecule has 0 atom stereocenters. The van der Waals surface area contributed by atoms with Crippen molar-refractivity contribution in [1.82, 2.24) is 9.97 Å². The Balaban J connectivity index is 1.91. The second-order valence-corrected chi connectivity index (χ2v) is 5.56. The molecule has 0 aliphatic rings. The number of nitriles is 1. The predicted molar refractivity (Wildman–Crippen MR) is 101 cm³/mol. The molecule has 0 N–H and O–H groups in total. The number of hydrogen-bond acceptors (Lipinski definition) is 6. The fraction of sp³-hybridized carbons (Fsp3) is 0.143. The van der Waals surface area contributed by atoms with Crippen LogP contribution in [0.4, 0.5) is 0 Å². The molecular weight excluding hydrogens is 342 g/mol. The number of aromatic nitrogens is 2. The summed E-state index contributed by atoms with van der Waals surface area (Å²) in [5.41, 5.74) is 1.82. The Bertz CT molecular complexity index is 1020. The molecule has 0 unspecified atom stereocenters. The lowest BCUT2D eigenvalue weighted by Gasteiger charge is -2.09. The van der Waals surface area contributed by atoms with Gasteiger partial charge in [-0.25, -0.2) is 9.78 Å². The van der Waals surface area contributed by atoms with Gasteiger partial charge in [0.25, 0.3) is 0 Å². The Labute approximate surface area is 156 Å². The first kappa shape index (κ1) is 18.1. The number of rotatable bonds is 6. The van der Waals surface area contributed by atoms with Crippen molar-refractivity contribution in [1.29, 1.82) is 5.26 Å². The highest BCUT2D eigenvalue weighted by Crippen LogP contribution is 2.25. The van der Waals surface area contributed by atoms with E-state index < -0.39 is 5.97 Å². The number of nitrogens with zero attached hydrogens (tertiary/aromatic N) is 3. The molecule has 6 heteroatoms. The highest BCUT2D eigenvalue weighted by atomic mass is 16.5. The van der Waals surface area contributed by atoms with Crippen LogP contribution in [0, 0.1) is 11.3 Å². The summed E-state index contributed by atoms with van der Waals surface area (Å²) in [7, 11) is 0. The molecule has 0 amide bonds. The van der Waals surface area contributed by atoms with Gasteiger partial charge in [-0.3, -0.25) is 4.98 Å². The van der Waals surface area contributed by atoms with E-state index in [-0.39, 0.29) is 12.2 Å². The second kappa shape index (κ2) is 8.59. The summed E-state index contributed by atoms with van der Waals surface area (Å²) < 4.78 is 10.8. The Morgan fingerprint density at radius 2 is 2.07 bits per heavy atom. The van der Waals surface area contributed by atoms with Crippen molar-refractivity contribution in [2.24, 2.45) is 0 Å². The largest absolute Gasteiger partial charge is 0.485 e. The van der Waals surface area contributed by atoms with Crippen LogP contribution in [0.1, 0.15) is 18.3 Å². The first-order valence-electron chi connectivity index (χ1n) is 8.42. The fourth-order valence-corrected chi connectivity index (χ4v) is 2.46. The van der Waals surface area contributed by atoms with E-state index >= 15 is 0 Å². The molecule has 0 spiro atoms. The Hall–Kier alpha value is -3.72. The first-order chi connectivity index (χ1) is 13.2. The van der Waals surface area contributed by atoms with Crippen molar-refractivity contribution < 1.29 is 14.3 Å². The molecule has 3 rings (SSSR count). The van der Waals surface area contributed by atoms with Crippen molar-refractivity contribution in [3.05, 3.63) is 71.7 Å². The summed E-state index contributed by atoms with van der Waals surface area (Å²) in [4.78, 5) is 20.6. The van der Waals surface area contributed by atoms with Crippen LogP contribution < -0.4 is 4.74 Å². The number of carbonyl (C=O) groups excluding carboxylic acids is 1. The lowest BCUT2D eigenvalue weighted by atomic mass is 10.1. The van der Waals surface area contributed by atoms with Gasteiger partial charge in [0, 0.05) is 11.6 Å². The van der Waals surface area contributed by atoms with Crippen LogP contribution in [0.2, 0.25) is 0 Å². The first-order valence-corrected chi connectivity index (χ1v) is 8.42. The number of fused-ring (bicyclic) bond motifs is 1. The number of hydrogen-bond donors (Lipinski definition) is 0. The Morgan fingerprint density at radius 3 is 2.81 bits per heavy atom. The number of carbonyl (C=O) groups is 1. The van der Waals surface area contributed by atoms with Gasteiger partial charge in [0.05, 0.1) is 18.0 Å². The minimum Gasteiger partial charge on any atom is -0.485 e. The quantitative estimate of drug-likeness (QED) is 0.379. The molecule has 0 radical (unpaired) electrons. The van der Waals surface area contributed by atoms with E-state index in [2.05, 4.69) is 9.97 Å². The van der Waals surface area contributed by atoms with Crippen LogP contribution in [0.25, 0.3) is 17.0 Å². The van der Waals surface area contributed by atoms with Crippen LogP contribution in [0.5, 0.6) is 5.75 Å². The molecule has 1 aromatic carbocycles. The van der Waals surface area contributed by atoms with Crippen molar-refractivity contribution >= 4 is 22.9 Å². The number of ether oxygens (including phenoxy) is 2. The zero-order valence-corrected chi connectivity index (χ0v) is 14.8. The molecule has 0 saturated carbocycles. The SMILES string of the molecule is CCOC(=O)/C(C#N)=C\c1ccc2cccc(OCc3ccccn3)c2n1. The van der Waals surface area contributed by atoms with Crippen molar-refractivity contribution in [3.63, 3.8) is 0 Å². The van der Waals surface area contributed by atoms with E-state index in [4.69, 9.17) is 9.47 Å². The summed E-state index contributed by atoms with van der Waals surface area (Å²) in [6.07, 6.45) is 3.12. The third kappa shape index (κ3) is 4.47. The Morgan fingerprint density at radius 1 is 1.19 bits per heavy atom. The van der Waals surface area contributed by atoms with E-state index in [1.54, 1.807) is 19.2 Å². The molecule has 134 valence electrons. The summed E-state index contributed by atoms with van der Waals surface area (Å²) >= 11 is 0. The lowest BCUT2D eigenvalue weighted by Crippen LogP contribution is -2.06. The maximum atomic E-state index is 11.8. The smallest absolute Gasteiger partial charge is 0.348 e. The van der Waals surface area contributed by atoms with Gasteiger partial charge in [0.1, 0.15) is 29.5 Å². The van der Waals surface area contributed by atoms with Crippen molar-refractivity contribution in [3.8, 4) is 11.8 Å². The van der Waals surface area contributed by atoms with E-state index in [1.165, 1.54) is 6.08 Å². The van der Waals surface area contributed by atoms with Gasteiger partial charge >= 0.3 is 5.97 Å². The normalized spacial score (nSPS) is 11.0. The van der Waals surface area contributed by atoms with Crippen molar-refractivity contribution in [2.45, 2.75) is 13.5 Å². The molecule has 27 heavy (non-hydrogen) atoms. The average Bonchev–Trinajstić information content (AvgIpc) is 2.71. The molecule has 2 heterocycles. The molecule has 6 nitrogen and oxygen atoms in total. The van der Waals surface area contributed by atoms with Gasteiger partial charge in [0.2, 0.25) is 0 Å². The molecule has 0 aliphatic carbocycles. The number of pyridine rings is 2. The summed E-state index contributed by atoms with van der Waals surface area (Å²) in [6, 6.07) is 16.7. The van der Waals surface area contributed by atoms with Gasteiger partial charge < -0.3 is 9.47 Å². The number of esters is 1. The van der Waals surface area contributed by atoms with Crippen LogP contribution >= 0.6 is 0 Å². The average molecular weight is 359 g/mol. The zero-order valence-electron chi connectivity index (χ0n) is 14.8. The van der Waals surface area contributed by atoms with Crippen LogP contribution in [0.15, 0.2) is 60.3 Å². The summed E-state index contributed by atoms with van der Waals surface area (Å²) in [5, 5.41) is 10.1. The number of benzene rings is 1. The predicted octanol–water partition coefficient (Wildman–Crippen LogP) is 3.68. The molecule has 0 aliphatic heterocycles.